The zero-order valence-electron chi connectivity index (χ0n) is 11.4. The predicted molar refractivity (Wildman–Crippen MR) is 81.6 cm³/mol. The molecule has 1 aromatic carbocycles. The number of hydrogen-bond donors (Lipinski definition) is 1. The van der Waals surface area contributed by atoms with Crippen molar-refractivity contribution in [1.82, 2.24) is 4.98 Å². The third-order valence-electron chi connectivity index (χ3n) is 3.95. The second-order valence-electron chi connectivity index (χ2n) is 5.47. The molecule has 4 nitrogen and oxygen atoms in total. The van der Waals surface area contributed by atoms with E-state index in [-0.39, 0.29) is 11.3 Å². The van der Waals surface area contributed by atoms with Gasteiger partial charge < -0.3 is 5.32 Å². The van der Waals surface area contributed by atoms with Gasteiger partial charge in [0.1, 0.15) is 0 Å². The molecule has 1 aromatic heterocycles. The average Bonchev–Trinajstić information content (AvgIpc) is 2.87. The van der Waals surface area contributed by atoms with Crippen LogP contribution in [0.4, 0.5) is 5.69 Å². The lowest BCUT2D eigenvalue weighted by atomic mass is 10.2. The highest BCUT2D eigenvalue weighted by Crippen LogP contribution is 2.28. The van der Waals surface area contributed by atoms with Crippen LogP contribution in [0.3, 0.4) is 0 Å². The Morgan fingerprint density at radius 3 is 2.85 bits per heavy atom. The number of nitrogens with zero attached hydrogens (tertiary/aromatic N) is 1. The van der Waals surface area contributed by atoms with Crippen LogP contribution in [0.25, 0.3) is 10.9 Å². The highest BCUT2D eigenvalue weighted by Gasteiger charge is 2.34. The van der Waals surface area contributed by atoms with Crippen molar-refractivity contribution in [2.24, 2.45) is 0 Å². The van der Waals surface area contributed by atoms with E-state index in [0.29, 0.717) is 0 Å². The topological polar surface area (TPSA) is 59.1 Å². The van der Waals surface area contributed by atoms with Crippen molar-refractivity contribution < 1.29 is 8.42 Å². The molecule has 0 aliphatic heterocycles. The summed E-state index contributed by atoms with van der Waals surface area (Å²) in [5.41, 5.74) is 1.84. The molecule has 0 spiro atoms. The smallest absolute Gasteiger partial charge is 0.152 e. The fourth-order valence-electron chi connectivity index (χ4n) is 2.97. The summed E-state index contributed by atoms with van der Waals surface area (Å²) < 4.78 is 23.6. The second-order valence-corrected chi connectivity index (χ2v) is 7.73. The number of hydrogen-bond acceptors (Lipinski definition) is 4. The Balaban J connectivity index is 1.85. The minimum atomic E-state index is -3.00. The summed E-state index contributed by atoms with van der Waals surface area (Å²) in [6, 6.07) is 9.93. The van der Waals surface area contributed by atoms with Gasteiger partial charge in [0.05, 0.1) is 22.7 Å². The first-order valence-corrected chi connectivity index (χ1v) is 8.80. The van der Waals surface area contributed by atoms with Crippen molar-refractivity contribution in [2.75, 3.05) is 11.6 Å². The number of benzene rings is 1. The van der Waals surface area contributed by atoms with E-state index < -0.39 is 9.84 Å². The van der Waals surface area contributed by atoms with Crippen LogP contribution >= 0.6 is 0 Å². The number of para-hydroxylation sites is 1. The van der Waals surface area contributed by atoms with Gasteiger partial charge in [-0.2, -0.15) is 0 Å². The van der Waals surface area contributed by atoms with Gasteiger partial charge in [-0.15, -0.1) is 0 Å². The molecule has 2 aromatic rings. The van der Waals surface area contributed by atoms with E-state index in [0.717, 1.165) is 35.9 Å². The first-order chi connectivity index (χ1) is 9.54. The van der Waals surface area contributed by atoms with Crippen LogP contribution in [0.1, 0.15) is 19.3 Å². The molecule has 1 heterocycles. The fourth-order valence-corrected chi connectivity index (χ4v) is 4.36. The minimum Gasteiger partial charge on any atom is -0.380 e. The predicted octanol–water partition coefficient (Wildman–Crippen LogP) is 2.61. The van der Waals surface area contributed by atoms with Crippen molar-refractivity contribution in [3.8, 4) is 0 Å². The number of rotatable bonds is 3. The molecule has 1 aliphatic rings. The molecular formula is C15H18N2O2S. The molecule has 1 aliphatic carbocycles. The fraction of sp³-hybridized carbons (Fsp3) is 0.400. The van der Waals surface area contributed by atoms with E-state index in [2.05, 4.69) is 10.3 Å². The molecule has 20 heavy (non-hydrogen) atoms. The normalized spacial score (nSPS) is 23.1. The summed E-state index contributed by atoms with van der Waals surface area (Å²) in [6.45, 7) is 0. The molecule has 2 atom stereocenters. The monoisotopic (exact) mass is 290 g/mol. The van der Waals surface area contributed by atoms with E-state index in [9.17, 15) is 8.42 Å². The summed E-state index contributed by atoms with van der Waals surface area (Å²) in [5, 5.41) is 4.13. The molecule has 106 valence electrons. The summed E-state index contributed by atoms with van der Waals surface area (Å²) in [5.74, 6) is 0. The number of sulfone groups is 1. The van der Waals surface area contributed by atoms with Gasteiger partial charge in [0.25, 0.3) is 0 Å². The molecule has 0 saturated heterocycles. The average molecular weight is 290 g/mol. The maximum absolute atomic E-state index is 11.8. The summed E-state index contributed by atoms with van der Waals surface area (Å²) in [7, 11) is -3.00. The zero-order valence-corrected chi connectivity index (χ0v) is 12.2. The summed E-state index contributed by atoms with van der Waals surface area (Å²) >= 11 is 0. The third-order valence-corrected chi connectivity index (χ3v) is 5.61. The van der Waals surface area contributed by atoms with E-state index >= 15 is 0 Å². The molecule has 1 saturated carbocycles. The number of fused-ring (bicyclic) bond motifs is 1. The second kappa shape index (κ2) is 5.05. The molecular weight excluding hydrogens is 272 g/mol. The highest BCUT2D eigenvalue weighted by molar-refractivity contribution is 7.91. The van der Waals surface area contributed by atoms with Crippen LogP contribution in [0.2, 0.25) is 0 Å². The van der Waals surface area contributed by atoms with Crippen LogP contribution in [0, 0.1) is 0 Å². The van der Waals surface area contributed by atoms with E-state index in [1.165, 1.54) is 6.26 Å². The Kier molecular flexibility index (Phi) is 3.38. The van der Waals surface area contributed by atoms with Gasteiger partial charge in [0.15, 0.2) is 9.84 Å². The van der Waals surface area contributed by atoms with Crippen molar-refractivity contribution in [2.45, 2.75) is 30.6 Å². The van der Waals surface area contributed by atoms with Crippen molar-refractivity contribution in [3.63, 3.8) is 0 Å². The van der Waals surface area contributed by atoms with Crippen LogP contribution < -0.4 is 5.32 Å². The minimum absolute atomic E-state index is 0.00652. The largest absolute Gasteiger partial charge is 0.380 e. The van der Waals surface area contributed by atoms with Gasteiger partial charge in [0.2, 0.25) is 0 Å². The SMILES string of the molecule is CS(=O)(=O)C1CCCC1Nc1cnc2ccccc2c1. The van der Waals surface area contributed by atoms with Gasteiger partial charge in [-0.1, -0.05) is 18.2 Å². The molecule has 3 rings (SSSR count). The lowest BCUT2D eigenvalue weighted by Crippen LogP contribution is -2.34. The number of anilines is 1. The maximum atomic E-state index is 11.8. The molecule has 1 N–H and O–H groups in total. The van der Waals surface area contributed by atoms with Gasteiger partial charge in [-0.25, -0.2) is 8.42 Å². The number of nitrogens with one attached hydrogen (secondary N) is 1. The molecule has 0 radical (unpaired) electrons. The summed E-state index contributed by atoms with van der Waals surface area (Å²) in [6.07, 6.45) is 5.70. The van der Waals surface area contributed by atoms with Gasteiger partial charge >= 0.3 is 0 Å². The Labute approximate surface area is 119 Å². The van der Waals surface area contributed by atoms with Crippen LogP contribution in [-0.2, 0) is 9.84 Å². The Bertz CT molecular complexity index is 727. The van der Waals surface area contributed by atoms with E-state index in [4.69, 9.17) is 0 Å². The van der Waals surface area contributed by atoms with Crippen molar-refractivity contribution in [1.29, 1.82) is 0 Å². The van der Waals surface area contributed by atoms with Gasteiger partial charge in [-0.05, 0) is 31.4 Å². The van der Waals surface area contributed by atoms with E-state index in [1.807, 2.05) is 30.3 Å². The zero-order chi connectivity index (χ0) is 14.2. The van der Waals surface area contributed by atoms with Gasteiger partial charge in [-0.3, -0.25) is 4.98 Å². The number of aromatic nitrogens is 1. The van der Waals surface area contributed by atoms with Crippen LogP contribution in [0.15, 0.2) is 36.5 Å². The van der Waals surface area contributed by atoms with Crippen molar-refractivity contribution in [3.05, 3.63) is 36.5 Å². The first kappa shape index (κ1) is 13.4. The molecule has 0 amide bonds. The standard InChI is InChI=1S/C15H18N2O2S/c1-20(18,19)15-8-4-7-14(15)17-12-9-11-5-2-3-6-13(11)16-10-12/h2-3,5-6,9-10,14-15,17H,4,7-8H2,1H3. The van der Waals surface area contributed by atoms with Gasteiger partial charge in [0, 0.05) is 17.7 Å². The Hall–Kier alpha value is -1.62. The summed E-state index contributed by atoms with van der Waals surface area (Å²) in [4.78, 5) is 4.40. The van der Waals surface area contributed by atoms with Crippen LogP contribution in [-0.4, -0.2) is 30.9 Å². The molecule has 1 fully saturated rings. The highest BCUT2D eigenvalue weighted by atomic mass is 32.2. The number of pyridine rings is 1. The maximum Gasteiger partial charge on any atom is 0.152 e. The Morgan fingerprint density at radius 2 is 2.05 bits per heavy atom. The lowest BCUT2D eigenvalue weighted by Gasteiger charge is -2.20. The molecule has 2 unspecified atom stereocenters. The molecule has 0 bridgehead atoms. The quantitative estimate of drug-likeness (QED) is 0.944. The van der Waals surface area contributed by atoms with E-state index in [1.54, 1.807) is 6.20 Å². The molecule has 5 heteroatoms. The first-order valence-electron chi connectivity index (χ1n) is 6.84. The Morgan fingerprint density at radius 1 is 1.25 bits per heavy atom. The lowest BCUT2D eigenvalue weighted by molar-refractivity contribution is 0.579. The third kappa shape index (κ3) is 2.63. The van der Waals surface area contributed by atoms with Crippen LogP contribution in [0.5, 0.6) is 0 Å². The van der Waals surface area contributed by atoms with Crippen molar-refractivity contribution >= 4 is 26.4 Å².